The number of likely N-dealkylation sites (N-methyl/N-ethyl adjacent to an activating group) is 1. The van der Waals surface area contributed by atoms with Crippen LogP contribution in [-0.4, -0.2) is 41.5 Å². The van der Waals surface area contributed by atoms with E-state index < -0.39 is 0 Å². The van der Waals surface area contributed by atoms with Crippen LogP contribution >= 0.6 is 0 Å². The topological polar surface area (TPSA) is 70.0 Å². The molecule has 0 spiro atoms. The summed E-state index contributed by atoms with van der Waals surface area (Å²) in [6.07, 6.45) is 0. The zero-order valence-corrected chi connectivity index (χ0v) is 10.5. The number of rotatable bonds is 4. The average molecular weight is 233 g/mol. The summed E-state index contributed by atoms with van der Waals surface area (Å²) in [6.45, 7) is 3.01. The fourth-order valence-corrected chi connectivity index (χ4v) is 1.54. The Hall–Kier alpha value is -1.75. The number of nitrogen functional groups attached to an aromatic ring is 1. The van der Waals surface area contributed by atoms with Crippen molar-refractivity contribution in [2.24, 2.45) is 0 Å². The quantitative estimate of drug-likeness (QED) is 0.700. The van der Waals surface area contributed by atoms with Gasteiger partial charge in [-0.1, -0.05) is 0 Å². The van der Waals surface area contributed by atoms with Crippen LogP contribution in [0.3, 0.4) is 0 Å². The molecule has 0 bridgehead atoms. The van der Waals surface area contributed by atoms with E-state index in [-0.39, 0.29) is 0 Å². The Balaban J connectivity index is 2.09. The van der Waals surface area contributed by atoms with E-state index in [9.17, 15) is 0 Å². The zero-order valence-electron chi connectivity index (χ0n) is 10.5. The molecule has 1 unspecified atom stereocenters. The molecule has 2 aromatic rings. The maximum absolute atomic E-state index is 5.72. The van der Waals surface area contributed by atoms with Gasteiger partial charge < -0.3 is 20.9 Å². The van der Waals surface area contributed by atoms with Crippen molar-refractivity contribution >= 4 is 22.7 Å². The molecule has 0 fully saturated rings. The zero-order chi connectivity index (χ0) is 12.4. The van der Waals surface area contributed by atoms with Crippen molar-refractivity contribution in [1.29, 1.82) is 0 Å². The van der Waals surface area contributed by atoms with E-state index in [2.05, 4.69) is 41.2 Å². The van der Waals surface area contributed by atoms with E-state index in [1.807, 2.05) is 18.2 Å². The molecule has 0 aliphatic rings. The third kappa shape index (κ3) is 2.68. The first kappa shape index (κ1) is 11.7. The van der Waals surface area contributed by atoms with Gasteiger partial charge in [-0.25, -0.2) is 4.98 Å². The van der Waals surface area contributed by atoms with Crippen molar-refractivity contribution in [3.63, 3.8) is 0 Å². The Morgan fingerprint density at radius 2 is 2.24 bits per heavy atom. The Kier molecular flexibility index (Phi) is 3.19. The fraction of sp³-hybridized carbons (Fsp3) is 0.417. The minimum Gasteiger partial charge on any atom is -0.399 e. The molecule has 5 nitrogen and oxygen atoms in total. The summed E-state index contributed by atoms with van der Waals surface area (Å²) in [7, 11) is 4.12. The van der Waals surface area contributed by atoms with Gasteiger partial charge in [0.25, 0.3) is 0 Å². The molecule has 5 heteroatoms. The Labute approximate surface area is 101 Å². The first-order chi connectivity index (χ1) is 8.06. The Morgan fingerprint density at radius 3 is 2.94 bits per heavy atom. The summed E-state index contributed by atoms with van der Waals surface area (Å²) < 4.78 is 0. The van der Waals surface area contributed by atoms with Crippen molar-refractivity contribution in [3.05, 3.63) is 18.2 Å². The van der Waals surface area contributed by atoms with Gasteiger partial charge in [0, 0.05) is 18.3 Å². The summed E-state index contributed by atoms with van der Waals surface area (Å²) in [5.41, 5.74) is 8.36. The maximum Gasteiger partial charge on any atom is 0.201 e. The fourth-order valence-electron chi connectivity index (χ4n) is 1.54. The highest BCUT2D eigenvalue weighted by molar-refractivity contribution is 5.80. The number of H-pyrrole nitrogens is 1. The molecular weight excluding hydrogens is 214 g/mol. The predicted octanol–water partition coefficient (Wildman–Crippen LogP) is 1.51. The van der Waals surface area contributed by atoms with Crippen molar-refractivity contribution in [3.8, 4) is 0 Å². The molecule has 0 saturated carbocycles. The normalized spacial score (nSPS) is 13.2. The molecule has 0 aliphatic heterocycles. The van der Waals surface area contributed by atoms with Gasteiger partial charge in [0.15, 0.2) is 0 Å². The van der Waals surface area contributed by atoms with Crippen LogP contribution in [0.15, 0.2) is 18.2 Å². The van der Waals surface area contributed by atoms with Crippen molar-refractivity contribution in [1.82, 2.24) is 14.9 Å². The monoisotopic (exact) mass is 233 g/mol. The van der Waals surface area contributed by atoms with Crippen LogP contribution in [0.25, 0.3) is 11.0 Å². The third-order valence-electron chi connectivity index (χ3n) is 2.95. The van der Waals surface area contributed by atoms with Gasteiger partial charge >= 0.3 is 0 Å². The minimum atomic E-state index is 0.452. The second-order valence-corrected chi connectivity index (χ2v) is 4.56. The van der Waals surface area contributed by atoms with E-state index in [1.165, 1.54) is 0 Å². The molecule has 0 aliphatic carbocycles. The smallest absolute Gasteiger partial charge is 0.201 e. The summed E-state index contributed by atoms with van der Waals surface area (Å²) in [6, 6.07) is 6.12. The van der Waals surface area contributed by atoms with Crippen LogP contribution < -0.4 is 11.1 Å². The number of nitrogens with two attached hydrogens (primary N) is 1. The molecule has 4 N–H and O–H groups in total. The second-order valence-electron chi connectivity index (χ2n) is 4.56. The summed E-state index contributed by atoms with van der Waals surface area (Å²) in [5, 5.41) is 3.29. The number of benzene rings is 1. The lowest BCUT2D eigenvalue weighted by atomic mass is 10.3. The number of nitrogens with zero attached hydrogens (tertiary/aromatic N) is 2. The highest BCUT2D eigenvalue weighted by Gasteiger charge is 2.06. The summed E-state index contributed by atoms with van der Waals surface area (Å²) in [5.74, 6) is 0.791. The molecule has 1 atom stereocenters. The SMILES string of the molecule is CC(CNc1nc2ccc(N)cc2[nH]1)N(C)C. The molecule has 0 saturated heterocycles. The molecule has 2 rings (SSSR count). The minimum absolute atomic E-state index is 0.452. The van der Waals surface area contributed by atoms with Gasteiger partial charge in [-0.2, -0.15) is 0 Å². The first-order valence-corrected chi connectivity index (χ1v) is 5.72. The van der Waals surface area contributed by atoms with Crippen LogP contribution in [0, 0.1) is 0 Å². The van der Waals surface area contributed by atoms with Gasteiger partial charge in [-0.3, -0.25) is 0 Å². The predicted molar refractivity (Wildman–Crippen MR) is 72.1 cm³/mol. The van der Waals surface area contributed by atoms with E-state index in [4.69, 9.17) is 5.73 Å². The van der Waals surface area contributed by atoms with Crippen molar-refractivity contribution in [2.75, 3.05) is 31.7 Å². The highest BCUT2D eigenvalue weighted by Crippen LogP contribution is 2.17. The van der Waals surface area contributed by atoms with E-state index in [0.29, 0.717) is 6.04 Å². The number of aromatic nitrogens is 2. The van der Waals surface area contributed by atoms with Crippen molar-refractivity contribution < 1.29 is 0 Å². The van der Waals surface area contributed by atoms with Crippen LogP contribution in [0.2, 0.25) is 0 Å². The molecule has 1 aromatic carbocycles. The number of imidazole rings is 1. The van der Waals surface area contributed by atoms with Crippen LogP contribution in [0.1, 0.15) is 6.92 Å². The summed E-state index contributed by atoms with van der Waals surface area (Å²) >= 11 is 0. The van der Waals surface area contributed by atoms with Crippen LogP contribution in [0.4, 0.5) is 11.6 Å². The van der Waals surface area contributed by atoms with Gasteiger partial charge in [-0.15, -0.1) is 0 Å². The van der Waals surface area contributed by atoms with Crippen LogP contribution in [-0.2, 0) is 0 Å². The largest absolute Gasteiger partial charge is 0.399 e. The molecule has 92 valence electrons. The molecular formula is C12H19N5. The van der Waals surface area contributed by atoms with Gasteiger partial charge in [0.2, 0.25) is 5.95 Å². The number of hydrogen-bond donors (Lipinski definition) is 3. The average Bonchev–Trinajstić information content (AvgIpc) is 2.67. The lowest BCUT2D eigenvalue weighted by molar-refractivity contribution is 0.326. The number of nitrogens with one attached hydrogen (secondary N) is 2. The van der Waals surface area contributed by atoms with E-state index >= 15 is 0 Å². The molecule has 0 radical (unpaired) electrons. The van der Waals surface area contributed by atoms with E-state index in [1.54, 1.807) is 0 Å². The van der Waals surface area contributed by atoms with Crippen molar-refractivity contribution in [2.45, 2.75) is 13.0 Å². The second kappa shape index (κ2) is 4.63. The van der Waals surface area contributed by atoms with Gasteiger partial charge in [-0.05, 0) is 39.2 Å². The lowest BCUT2D eigenvalue weighted by Crippen LogP contribution is -2.31. The third-order valence-corrected chi connectivity index (χ3v) is 2.95. The molecule has 1 heterocycles. The lowest BCUT2D eigenvalue weighted by Gasteiger charge is -2.19. The molecule has 1 aromatic heterocycles. The van der Waals surface area contributed by atoms with Crippen LogP contribution in [0.5, 0.6) is 0 Å². The van der Waals surface area contributed by atoms with Gasteiger partial charge in [0.05, 0.1) is 11.0 Å². The number of hydrogen-bond acceptors (Lipinski definition) is 4. The standard InChI is InChI=1S/C12H19N5/c1-8(17(2)3)7-14-12-15-10-5-4-9(13)6-11(10)16-12/h4-6,8H,7,13H2,1-3H3,(H2,14,15,16). The number of aromatic amines is 1. The number of fused-ring (bicyclic) bond motifs is 1. The number of anilines is 2. The maximum atomic E-state index is 5.72. The van der Waals surface area contributed by atoms with E-state index in [0.717, 1.165) is 29.2 Å². The summed E-state index contributed by atoms with van der Waals surface area (Å²) in [4.78, 5) is 9.81. The molecule has 17 heavy (non-hydrogen) atoms. The Bertz CT molecular complexity index is 503. The Morgan fingerprint density at radius 1 is 1.47 bits per heavy atom. The molecule has 0 amide bonds. The van der Waals surface area contributed by atoms with Gasteiger partial charge in [0.1, 0.15) is 0 Å². The first-order valence-electron chi connectivity index (χ1n) is 5.72. The highest BCUT2D eigenvalue weighted by atomic mass is 15.2.